The van der Waals surface area contributed by atoms with Crippen LogP contribution in [0.1, 0.15) is 6.04 Å². The third-order valence-electron chi connectivity index (χ3n) is 3.93. The van der Waals surface area contributed by atoms with E-state index in [0.29, 0.717) is 22.4 Å². The molecule has 106 valence electrons. The molecule has 4 atom stereocenters. The van der Waals surface area contributed by atoms with Crippen LogP contribution in [0.3, 0.4) is 0 Å². The number of aliphatic hydroxyl groups excluding tert-OH is 2. The molecule has 2 aromatic rings. The average Bonchev–Trinajstić information content (AvgIpc) is 2.92. The molecule has 0 aromatic carbocycles. The van der Waals surface area contributed by atoms with E-state index in [-0.39, 0.29) is 6.61 Å². The molecule has 6 nitrogen and oxygen atoms in total. The Kier molecular flexibility index (Phi) is 2.95. The summed E-state index contributed by atoms with van der Waals surface area (Å²) < 4.78 is 15.9. The van der Waals surface area contributed by atoms with Crippen LogP contribution in [-0.2, 0) is 0 Å². The van der Waals surface area contributed by atoms with Crippen LogP contribution in [-0.4, -0.2) is 43.6 Å². The fourth-order valence-electron chi connectivity index (χ4n) is 2.82. The fraction of sp³-hybridized carbons (Fsp3) is 0.385. The van der Waals surface area contributed by atoms with E-state index in [1.54, 1.807) is 16.8 Å². The summed E-state index contributed by atoms with van der Waals surface area (Å²) in [5, 5.41) is 19.7. The minimum absolute atomic E-state index is 0.312. The van der Waals surface area contributed by atoms with Crippen molar-refractivity contribution in [3.05, 3.63) is 30.7 Å². The number of hydrogen-bond acceptors (Lipinski definition) is 5. The molecular formula is C13H15FN4O2. The topological polar surface area (TPSA) is 97.2 Å². The summed E-state index contributed by atoms with van der Waals surface area (Å²) in [5.74, 6) is -0.362. The van der Waals surface area contributed by atoms with Crippen molar-refractivity contribution in [1.29, 1.82) is 0 Å². The Morgan fingerprint density at radius 1 is 1.45 bits per heavy atom. The second kappa shape index (κ2) is 4.53. The highest BCUT2D eigenvalue weighted by Crippen LogP contribution is 2.42. The number of anilines is 1. The van der Waals surface area contributed by atoms with Crippen molar-refractivity contribution in [1.82, 2.24) is 14.5 Å². The van der Waals surface area contributed by atoms with Crippen LogP contribution in [0.25, 0.3) is 11.0 Å². The Bertz CT molecular complexity index is 671. The summed E-state index contributed by atoms with van der Waals surface area (Å²) in [6.45, 7) is 3.48. The molecule has 3 rings (SSSR count). The average molecular weight is 278 g/mol. The molecular weight excluding hydrogens is 263 g/mol. The zero-order valence-electron chi connectivity index (χ0n) is 10.6. The van der Waals surface area contributed by atoms with Crippen molar-refractivity contribution in [3.8, 4) is 0 Å². The van der Waals surface area contributed by atoms with Gasteiger partial charge in [0.05, 0.1) is 24.1 Å². The Labute approximate surface area is 114 Å². The van der Waals surface area contributed by atoms with E-state index in [0.717, 1.165) is 0 Å². The van der Waals surface area contributed by atoms with Crippen molar-refractivity contribution >= 4 is 16.9 Å². The van der Waals surface area contributed by atoms with Gasteiger partial charge in [0, 0.05) is 12.1 Å². The van der Waals surface area contributed by atoms with E-state index >= 15 is 0 Å². The molecule has 1 aliphatic carbocycles. The van der Waals surface area contributed by atoms with Crippen molar-refractivity contribution < 1.29 is 14.6 Å². The Balaban J connectivity index is 2.12. The number of halogens is 1. The van der Waals surface area contributed by atoms with Crippen molar-refractivity contribution in [2.75, 3.05) is 12.3 Å². The monoisotopic (exact) mass is 278 g/mol. The van der Waals surface area contributed by atoms with E-state index in [9.17, 15) is 14.6 Å². The molecule has 2 heterocycles. The predicted octanol–water partition coefficient (Wildman–Crippen LogP) is 0.432. The van der Waals surface area contributed by atoms with Crippen LogP contribution in [0.15, 0.2) is 30.7 Å². The van der Waals surface area contributed by atoms with Gasteiger partial charge in [-0.15, -0.1) is 0 Å². The highest BCUT2D eigenvalue weighted by molar-refractivity contribution is 5.86. The number of alkyl halides is 1. The number of hydrogen-bond donors (Lipinski definition) is 3. The number of fused-ring (bicyclic) bond motifs is 1. The number of aromatic nitrogens is 3. The third kappa shape index (κ3) is 1.63. The molecule has 1 fully saturated rings. The molecule has 1 aliphatic rings. The van der Waals surface area contributed by atoms with E-state index in [2.05, 4.69) is 16.5 Å². The minimum Gasteiger partial charge on any atom is -0.396 e. The second-order valence-electron chi connectivity index (χ2n) is 4.96. The van der Waals surface area contributed by atoms with Gasteiger partial charge in [0.2, 0.25) is 0 Å². The van der Waals surface area contributed by atoms with Gasteiger partial charge < -0.3 is 20.5 Å². The van der Waals surface area contributed by atoms with Crippen LogP contribution in [0.5, 0.6) is 0 Å². The highest BCUT2D eigenvalue weighted by Gasteiger charge is 2.46. The first-order valence-electron chi connectivity index (χ1n) is 6.25. The summed E-state index contributed by atoms with van der Waals surface area (Å²) in [6.07, 6.45) is 0.129. The van der Waals surface area contributed by atoms with Gasteiger partial charge in [-0.25, -0.2) is 14.4 Å². The molecule has 2 aromatic heterocycles. The number of aliphatic hydroxyl groups is 2. The van der Waals surface area contributed by atoms with Crippen molar-refractivity contribution in [2.45, 2.75) is 18.3 Å². The van der Waals surface area contributed by atoms with E-state index in [4.69, 9.17) is 5.73 Å². The lowest BCUT2D eigenvalue weighted by Gasteiger charge is -2.18. The van der Waals surface area contributed by atoms with Gasteiger partial charge in [0.1, 0.15) is 17.8 Å². The quantitative estimate of drug-likeness (QED) is 0.692. The molecule has 7 heteroatoms. The molecule has 1 unspecified atom stereocenters. The lowest BCUT2D eigenvalue weighted by Crippen LogP contribution is -2.26. The van der Waals surface area contributed by atoms with Crippen LogP contribution in [0.4, 0.5) is 10.2 Å². The smallest absolute Gasteiger partial charge is 0.151 e. The van der Waals surface area contributed by atoms with Crippen LogP contribution in [0.2, 0.25) is 0 Å². The van der Waals surface area contributed by atoms with E-state index in [1.807, 2.05) is 0 Å². The van der Waals surface area contributed by atoms with Gasteiger partial charge in [-0.1, -0.05) is 6.58 Å². The van der Waals surface area contributed by atoms with Gasteiger partial charge in [-0.2, -0.15) is 0 Å². The number of nitrogen functional groups attached to an aromatic ring is 1. The van der Waals surface area contributed by atoms with Crippen molar-refractivity contribution in [2.24, 2.45) is 5.92 Å². The standard InChI is InChI=1S/C13H15FN4O2/c1-6-8(4-19)11(20)9(14)10(6)18-3-2-7-12(15)16-5-17-13(7)18/h2-3,5,8-11,19-20H,1,4H2,(H2,15,16,17)/t8-,9?,10+,11+/m0/s1. The predicted molar refractivity (Wildman–Crippen MR) is 71.6 cm³/mol. The molecule has 0 aliphatic heterocycles. The molecule has 1 saturated carbocycles. The first kappa shape index (κ1) is 13.0. The largest absolute Gasteiger partial charge is 0.396 e. The van der Waals surface area contributed by atoms with Crippen molar-refractivity contribution in [3.63, 3.8) is 0 Å². The summed E-state index contributed by atoms with van der Waals surface area (Å²) >= 11 is 0. The highest BCUT2D eigenvalue weighted by atomic mass is 19.1. The molecule has 0 saturated heterocycles. The minimum atomic E-state index is -1.55. The molecule has 0 bridgehead atoms. The van der Waals surface area contributed by atoms with Crippen LogP contribution < -0.4 is 5.73 Å². The molecule has 4 N–H and O–H groups in total. The van der Waals surface area contributed by atoms with E-state index < -0.39 is 24.2 Å². The van der Waals surface area contributed by atoms with Gasteiger partial charge in [0.15, 0.2) is 6.17 Å². The fourth-order valence-corrected chi connectivity index (χ4v) is 2.82. The number of rotatable bonds is 2. The SMILES string of the molecule is C=C1[C@@H](n2ccc3c(N)ncnc32)C(F)[C@H](O)[C@H]1CO. The zero-order valence-corrected chi connectivity index (χ0v) is 10.6. The normalized spacial score (nSPS) is 30.2. The van der Waals surface area contributed by atoms with Crippen LogP contribution >= 0.6 is 0 Å². The first-order chi connectivity index (χ1) is 9.56. The Hall–Kier alpha value is -1.99. The Morgan fingerprint density at radius 2 is 2.20 bits per heavy atom. The lowest BCUT2D eigenvalue weighted by atomic mass is 10.0. The van der Waals surface area contributed by atoms with Gasteiger partial charge in [-0.3, -0.25) is 0 Å². The zero-order chi connectivity index (χ0) is 14.4. The molecule has 20 heavy (non-hydrogen) atoms. The molecule has 0 amide bonds. The summed E-state index contributed by atoms with van der Waals surface area (Å²) in [6, 6.07) is 0.928. The molecule has 0 radical (unpaired) electrons. The number of nitrogens with zero attached hydrogens (tertiary/aromatic N) is 3. The van der Waals surface area contributed by atoms with Gasteiger partial charge in [-0.05, 0) is 11.6 Å². The maximum absolute atomic E-state index is 14.3. The number of nitrogens with two attached hydrogens (primary N) is 1. The summed E-state index contributed by atoms with van der Waals surface area (Å²) in [5.41, 5.74) is 6.68. The maximum atomic E-state index is 14.3. The molecule has 0 spiro atoms. The summed E-state index contributed by atoms with van der Waals surface area (Å²) in [7, 11) is 0. The summed E-state index contributed by atoms with van der Waals surface area (Å²) in [4.78, 5) is 7.99. The lowest BCUT2D eigenvalue weighted by molar-refractivity contribution is 0.0427. The Morgan fingerprint density at radius 3 is 2.85 bits per heavy atom. The first-order valence-corrected chi connectivity index (χ1v) is 6.25. The third-order valence-corrected chi connectivity index (χ3v) is 3.93. The maximum Gasteiger partial charge on any atom is 0.151 e. The van der Waals surface area contributed by atoms with Gasteiger partial charge in [0.25, 0.3) is 0 Å². The van der Waals surface area contributed by atoms with Gasteiger partial charge >= 0.3 is 0 Å². The van der Waals surface area contributed by atoms with Crippen LogP contribution in [0, 0.1) is 5.92 Å². The van der Waals surface area contributed by atoms with E-state index in [1.165, 1.54) is 6.33 Å². The second-order valence-corrected chi connectivity index (χ2v) is 4.96.